The van der Waals surface area contributed by atoms with Crippen molar-refractivity contribution in [2.45, 2.75) is 31.2 Å². The molecule has 1 unspecified atom stereocenters. The number of hydrogen-bond donors (Lipinski definition) is 4. The van der Waals surface area contributed by atoms with Crippen LogP contribution in [-0.4, -0.2) is 42.5 Å². The first kappa shape index (κ1) is 22.1. The van der Waals surface area contributed by atoms with Gasteiger partial charge < -0.3 is 22.1 Å². The lowest BCUT2D eigenvalue weighted by molar-refractivity contribution is -0.119. The van der Waals surface area contributed by atoms with Crippen LogP contribution in [0.25, 0.3) is 0 Å². The summed E-state index contributed by atoms with van der Waals surface area (Å²) in [6.07, 6.45) is 2.82. The van der Waals surface area contributed by atoms with Gasteiger partial charge in [0.2, 0.25) is 11.9 Å². The van der Waals surface area contributed by atoms with Crippen molar-refractivity contribution in [3.05, 3.63) is 36.0 Å². The molecular formula is C18H24N6O4S. The first-order chi connectivity index (χ1) is 13.5. The minimum Gasteiger partial charge on any atom is -0.368 e. The predicted molar refractivity (Wildman–Crippen MR) is 109 cm³/mol. The summed E-state index contributed by atoms with van der Waals surface area (Å²) in [6, 6.07) is 5.22. The van der Waals surface area contributed by atoms with Crippen molar-refractivity contribution in [1.29, 1.82) is 0 Å². The van der Waals surface area contributed by atoms with Crippen molar-refractivity contribution in [2.75, 3.05) is 16.9 Å². The Labute approximate surface area is 169 Å². The van der Waals surface area contributed by atoms with Crippen LogP contribution in [0, 0.1) is 5.92 Å². The van der Waals surface area contributed by atoms with E-state index in [0.29, 0.717) is 12.1 Å². The first-order valence-corrected chi connectivity index (χ1v) is 10.7. The molecule has 156 valence electrons. The zero-order chi connectivity index (χ0) is 21.8. The van der Waals surface area contributed by atoms with Gasteiger partial charge in [-0.25, -0.2) is 13.4 Å². The van der Waals surface area contributed by atoms with E-state index >= 15 is 0 Å². The maximum Gasteiger partial charge on any atom is 0.254 e. The SMILES string of the molecule is CC(C)CC(Nc1ncc(C(N)=O)c(Nc2ccc(S(C)(=O)=O)cc2)n1)C(N)=O. The number of anilines is 3. The number of aromatic nitrogens is 2. The van der Waals surface area contributed by atoms with Crippen molar-refractivity contribution >= 4 is 39.1 Å². The number of nitrogens with two attached hydrogens (primary N) is 2. The van der Waals surface area contributed by atoms with Crippen LogP contribution in [-0.2, 0) is 14.6 Å². The number of benzene rings is 1. The minimum atomic E-state index is -3.33. The summed E-state index contributed by atoms with van der Waals surface area (Å²) in [5.74, 6) is -0.895. The Bertz CT molecular complexity index is 1010. The number of amides is 2. The summed E-state index contributed by atoms with van der Waals surface area (Å²) < 4.78 is 23.2. The zero-order valence-electron chi connectivity index (χ0n) is 16.3. The third-order valence-corrected chi connectivity index (χ3v) is 5.08. The van der Waals surface area contributed by atoms with E-state index in [1.807, 2.05) is 13.8 Å². The Kier molecular flexibility index (Phi) is 6.75. The maximum absolute atomic E-state index is 11.7. The molecule has 1 aromatic heterocycles. The van der Waals surface area contributed by atoms with Gasteiger partial charge in [0.05, 0.1) is 4.90 Å². The van der Waals surface area contributed by atoms with E-state index in [2.05, 4.69) is 20.6 Å². The largest absolute Gasteiger partial charge is 0.368 e. The molecule has 0 aliphatic heterocycles. The second kappa shape index (κ2) is 8.86. The lowest BCUT2D eigenvalue weighted by Crippen LogP contribution is -2.37. The van der Waals surface area contributed by atoms with E-state index in [1.165, 1.54) is 30.5 Å². The van der Waals surface area contributed by atoms with Gasteiger partial charge in [0.25, 0.3) is 5.91 Å². The molecule has 6 N–H and O–H groups in total. The van der Waals surface area contributed by atoms with Crippen molar-refractivity contribution in [3.63, 3.8) is 0 Å². The third-order valence-electron chi connectivity index (χ3n) is 3.95. The van der Waals surface area contributed by atoms with Gasteiger partial charge in [-0.05, 0) is 36.6 Å². The van der Waals surface area contributed by atoms with Crippen molar-refractivity contribution in [2.24, 2.45) is 17.4 Å². The Morgan fingerprint density at radius 3 is 2.24 bits per heavy atom. The summed E-state index contributed by atoms with van der Waals surface area (Å²) in [6.45, 7) is 3.89. The second-order valence-electron chi connectivity index (χ2n) is 6.97. The molecule has 10 nitrogen and oxygen atoms in total. The molecule has 2 rings (SSSR count). The molecule has 2 aromatic rings. The molecule has 0 aliphatic carbocycles. The number of carbonyl (C=O) groups is 2. The van der Waals surface area contributed by atoms with E-state index < -0.39 is 27.7 Å². The quantitative estimate of drug-likeness (QED) is 0.466. The fraction of sp³-hybridized carbons (Fsp3) is 0.333. The number of hydrogen-bond acceptors (Lipinski definition) is 8. The number of rotatable bonds is 9. The number of sulfone groups is 1. The number of carbonyl (C=O) groups excluding carboxylic acids is 2. The predicted octanol–water partition coefficient (Wildman–Crippen LogP) is 1.03. The molecule has 1 aromatic carbocycles. The molecule has 0 radical (unpaired) electrons. The van der Waals surface area contributed by atoms with Gasteiger partial charge in [-0.15, -0.1) is 0 Å². The van der Waals surface area contributed by atoms with Gasteiger partial charge in [-0.3, -0.25) is 9.59 Å². The summed E-state index contributed by atoms with van der Waals surface area (Å²) in [5, 5.41) is 5.78. The smallest absolute Gasteiger partial charge is 0.254 e. The van der Waals surface area contributed by atoms with Crippen LogP contribution in [0.1, 0.15) is 30.6 Å². The average molecular weight is 420 g/mol. The molecule has 0 saturated carbocycles. The number of nitrogens with one attached hydrogen (secondary N) is 2. The van der Waals surface area contributed by atoms with Gasteiger partial charge in [0.15, 0.2) is 9.84 Å². The minimum absolute atomic E-state index is 0.0298. The molecule has 0 bridgehead atoms. The zero-order valence-corrected chi connectivity index (χ0v) is 17.2. The number of primary amides is 2. The summed E-state index contributed by atoms with van der Waals surface area (Å²) in [4.78, 5) is 31.8. The highest BCUT2D eigenvalue weighted by atomic mass is 32.2. The molecule has 2 amide bonds. The average Bonchev–Trinajstić information content (AvgIpc) is 2.60. The van der Waals surface area contributed by atoms with Gasteiger partial charge >= 0.3 is 0 Å². The van der Waals surface area contributed by atoms with Crippen molar-refractivity contribution in [1.82, 2.24) is 9.97 Å². The molecular weight excluding hydrogens is 396 g/mol. The third kappa shape index (κ3) is 6.14. The summed E-state index contributed by atoms with van der Waals surface area (Å²) >= 11 is 0. The second-order valence-corrected chi connectivity index (χ2v) is 8.99. The van der Waals surface area contributed by atoms with E-state index in [0.717, 1.165) is 6.26 Å². The van der Waals surface area contributed by atoms with Crippen LogP contribution >= 0.6 is 0 Å². The molecule has 1 heterocycles. The number of nitrogens with zero attached hydrogens (tertiary/aromatic N) is 2. The van der Waals surface area contributed by atoms with E-state index in [1.54, 1.807) is 0 Å². The van der Waals surface area contributed by atoms with Crippen LogP contribution in [0.5, 0.6) is 0 Å². The van der Waals surface area contributed by atoms with E-state index in [9.17, 15) is 18.0 Å². The standard InChI is InChI=1S/C18H24N6O4S/c1-10(2)8-14(16(20)26)23-18-21-9-13(15(19)25)17(24-18)22-11-4-6-12(7-5-11)29(3,27)28/h4-7,9-10,14H,8H2,1-3H3,(H2,19,25)(H2,20,26)(H2,21,22,23,24). The first-order valence-electron chi connectivity index (χ1n) is 8.77. The van der Waals surface area contributed by atoms with Gasteiger partial charge in [-0.1, -0.05) is 13.8 Å². The molecule has 0 spiro atoms. The van der Waals surface area contributed by atoms with Gasteiger partial charge in [0, 0.05) is 18.1 Å². The molecule has 1 atom stereocenters. The van der Waals surface area contributed by atoms with E-state index in [-0.39, 0.29) is 28.1 Å². The summed E-state index contributed by atoms with van der Waals surface area (Å²) in [7, 11) is -3.33. The van der Waals surface area contributed by atoms with Gasteiger partial charge in [-0.2, -0.15) is 4.98 Å². The molecule has 0 aliphatic rings. The van der Waals surface area contributed by atoms with Crippen LogP contribution in [0.2, 0.25) is 0 Å². The molecule has 0 saturated heterocycles. The van der Waals surface area contributed by atoms with Gasteiger partial charge in [0.1, 0.15) is 17.4 Å². The highest BCUT2D eigenvalue weighted by Gasteiger charge is 2.20. The van der Waals surface area contributed by atoms with Crippen LogP contribution < -0.4 is 22.1 Å². The fourth-order valence-electron chi connectivity index (χ4n) is 2.52. The Hall–Kier alpha value is -3.21. The Balaban J connectivity index is 2.33. The molecule has 0 fully saturated rings. The van der Waals surface area contributed by atoms with Crippen molar-refractivity contribution < 1.29 is 18.0 Å². The Morgan fingerprint density at radius 1 is 1.14 bits per heavy atom. The maximum atomic E-state index is 11.7. The summed E-state index contributed by atoms with van der Waals surface area (Å²) in [5.41, 5.74) is 11.3. The van der Waals surface area contributed by atoms with Crippen LogP contribution in [0.15, 0.2) is 35.4 Å². The fourth-order valence-corrected chi connectivity index (χ4v) is 3.15. The lowest BCUT2D eigenvalue weighted by atomic mass is 10.0. The highest BCUT2D eigenvalue weighted by Crippen LogP contribution is 2.22. The van der Waals surface area contributed by atoms with E-state index in [4.69, 9.17) is 11.5 Å². The molecule has 29 heavy (non-hydrogen) atoms. The van der Waals surface area contributed by atoms with Crippen molar-refractivity contribution in [3.8, 4) is 0 Å². The Morgan fingerprint density at radius 2 is 1.76 bits per heavy atom. The monoisotopic (exact) mass is 420 g/mol. The topological polar surface area (TPSA) is 170 Å². The molecule has 11 heteroatoms. The lowest BCUT2D eigenvalue weighted by Gasteiger charge is -2.18. The highest BCUT2D eigenvalue weighted by molar-refractivity contribution is 7.90. The van der Waals surface area contributed by atoms with Crippen LogP contribution in [0.3, 0.4) is 0 Å². The van der Waals surface area contributed by atoms with Crippen LogP contribution in [0.4, 0.5) is 17.5 Å². The normalized spacial score (nSPS) is 12.4.